The number of hydrogen-bond acceptors (Lipinski definition) is 3. The molecule has 132 valence electrons. The van der Waals surface area contributed by atoms with Crippen molar-refractivity contribution in [3.8, 4) is 0 Å². The lowest BCUT2D eigenvalue weighted by Gasteiger charge is -2.32. The summed E-state index contributed by atoms with van der Waals surface area (Å²) >= 11 is 0. The zero-order valence-corrected chi connectivity index (χ0v) is 14.3. The number of carbonyl (C=O) groups excluding carboxylic acids is 1. The van der Waals surface area contributed by atoms with E-state index in [9.17, 15) is 4.79 Å². The van der Waals surface area contributed by atoms with E-state index < -0.39 is 0 Å². The quantitative estimate of drug-likeness (QED) is 0.719. The van der Waals surface area contributed by atoms with Gasteiger partial charge >= 0.3 is 6.03 Å². The van der Waals surface area contributed by atoms with E-state index in [0.29, 0.717) is 6.42 Å². The SMILES string of the molecule is O=C(NC1CCN(C2CC2)CC1)NC(CCCO)c1ccccc1. The van der Waals surface area contributed by atoms with Crippen molar-refractivity contribution in [2.24, 2.45) is 0 Å². The molecule has 1 saturated carbocycles. The molecule has 2 aliphatic rings. The molecule has 0 radical (unpaired) electrons. The molecule has 5 heteroatoms. The summed E-state index contributed by atoms with van der Waals surface area (Å²) in [7, 11) is 0. The van der Waals surface area contributed by atoms with Crippen molar-refractivity contribution in [3.05, 3.63) is 35.9 Å². The smallest absolute Gasteiger partial charge is 0.315 e. The average molecular weight is 331 g/mol. The first-order valence-corrected chi connectivity index (χ1v) is 9.23. The fraction of sp³-hybridized carbons (Fsp3) is 0.632. The predicted molar refractivity (Wildman–Crippen MR) is 94.8 cm³/mol. The lowest BCUT2D eigenvalue weighted by atomic mass is 10.0. The van der Waals surface area contributed by atoms with Crippen LogP contribution in [-0.4, -0.2) is 47.8 Å². The highest BCUT2D eigenvalue weighted by Crippen LogP contribution is 2.29. The van der Waals surface area contributed by atoms with E-state index in [4.69, 9.17) is 5.11 Å². The molecule has 1 aliphatic carbocycles. The number of aliphatic hydroxyl groups is 1. The summed E-state index contributed by atoms with van der Waals surface area (Å²) in [6, 6.07) is 10.9. The Hall–Kier alpha value is -1.59. The second-order valence-electron chi connectivity index (χ2n) is 6.99. The number of urea groups is 1. The number of amides is 2. The summed E-state index contributed by atoms with van der Waals surface area (Å²) in [4.78, 5) is 14.9. The number of likely N-dealkylation sites (tertiary alicyclic amines) is 1. The van der Waals surface area contributed by atoms with Crippen LogP contribution < -0.4 is 10.6 Å². The molecule has 24 heavy (non-hydrogen) atoms. The minimum Gasteiger partial charge on any atom is -0.396 e. The highest BCUT2D eigenvalue weighted by atomic mass is 16.3. The number of nitrogens with one attached hydrogen (secondary N) is 2. The summed E-state index contributed by atoms with van der Waals surface area (Å²) < 4.78 is 0. The third kappa shape index (κ3) is 4.95. The molecule has 0 bridgehead atoms. The molecule has 1 atom stereocenters. The molecule has 1 aromatic carbocycles. The van der Waals surface area contributed by atoms with Gasteiger partial charge in [0.05, 0.1) is 6.04 Å². The Kier molecular flexibility index (Phi) is 6.10. The van der Waals surface area contributed by atoms with Gasteiger partial charge in [-0.15, -0.1) is 0 Å². The van der Waals surface area contributed by atoms with Crippen molar-refractivity contribution in [3.63, 3.8) is 0 Å². The van der Waals surface area contributed by atoms with Gasteiger partial charge in [0, 0.05) is 31.8 Å². The fourth-order valence-electron chi connectivity index (χ4n) is 3.54. The van der Waals surface area contributed by atoms with E-state index in [1.165, 1.54) is 12.8 Å². The summed E-state index contributed by atoms with van der Waals surface area (Å²) in [5, 5.41) is 15.3. The Morgan fingerprint density at radius 3 is 2.50 bits per heavy atom. The van der Waals surface area contributed by atoms with Crippen molar-refractivity contribution in [1.29, 1.82) is 0 Å². The van der Waals surface area contributed by atoms with E-state index in [1.54, 1.807) is 0 Å². The maximum atomic E-state index is 12.4. The number of carbonyl (C=O) groups is 1. The zero-order chi connectivity index (χ0) is 16.8. The summed E-state index contributed by atoms with van der Waals surface area (Å²) in [6.07, 6.45) is 6.20. The van der Waals surface area contributed by atoms with E-state index in [-0.39, 0.29) is 24.7 Å². The molecule has 2 amide bonds. The van der Waals surface area contributed by atoms with E-state index in [1.807, 2.05) is 30.3 Å². The van der Waals surface area contributed by atoms with Gasteiger partial charge < -0.3 is 20.6 Å². The van der Waals surface area contributed by atoms with Crippen molar-refractivity contribution < 1.29 is 9.90 Å². The molecule has 5 nitrogen and oxygen atoms in total. The van der Waals surface area contributed by atoms with Crippen molar-refractivity contribution >= 4 is 6.03 Å². The molecule has 3 rings (SSSR count). The average Bonchev–Trinajstić information content (AvgIpc) is 3.45. The molecule has 0 aromatic heterocycles. The molecule has 0 spiro atoms. The lowest BCUT2D eigenvalue weighted by Crippen LogP contribution is -2.48. The highest BCUT2D eigenvalue weighted by Gasteiger charge is 2.32. The lowest BCUT2D eigenvalue weighted by molar-refractivity contribution is 0.184. The highest BCUT2D eigenvalue weighted by molar-refractivity contribution is 5.74. The van der Waals surface area contributed by atoms with E-state index in [0.717, 1.165) is 44.0 Å². The van der Waals surface area contributed by atoms with Crippen LogP contribution in [0.1, 0.15) is 50.1 Å². The Labute approximate surface area is 144 Å². The zero-order valence-electron chi connectivity index (χ0n) is 14.3. The maximum Gasteiger partial charge on any atom is 0.315 e. The van der Waals surface area contributed by atoms with E-state index in [2.05, 4.69) is 15.5 Å². The third-order valence-electron chi connectivity index (χ3n) is 5.09. The molecule has 1 saturated heterocycles. The second-order valence-corrected chi connectivity index (χ2v) is 6.99. The van der Waals surface area contributed by atoms with Crippen LogP contribution in [0.4, 0.5) is 4.79 Å². The van der Waals surface area contributed by atoms with Crippen LogP contribution in [0.5, 0.6) is 0 Å². The van der Waals surface area contributed by atoms with Crippen molar-refractivity contribution in [1.82, 2.24) is 15.5 Å². The Bertz CT molecular complexity index is 511. The first-order chi connectivity index (χ1) is 11.8. The standard InChI is InChI=1S/C19H29N3O2/c23-14-4-7-18(15-5-2-1-3-6-15)21-19(24)20-16-10-12-22(13-11-16)17-8-9-17/h1-3,5-6,16-18,23H,4,7-14H2,(H2,20,21,24). The largest absolute Gasteiger partial charge is 0.396 e. The van der Waals surface area contributed by atoms with Crippen molar-refractivity contribution in [2.45, 2.75) is 56.7 Å². The summed E-state index contributed by atoms with van der Waals surface area (Å²) in [5.74, 6) is 0. The predicted octanol–water partition coefficient (Wildman–Crippen LogP) is 2.43. The van der Waals surface area contributed by atoms with Gasteiger partial charge in [-0.2, -0.15) is 0 Å². The molecular weight excluding hydrogens is 302 g/mol. The van der Waals surface area contributed by atoms with Crippen molar-refractivity contribution in [2.75, 3.05) is 19.7 Å². The second kappa shape index (κ2) is 8.49. The molecule has 2 fully saturated rings. The molecule has 1 unspecified atom stereocenters. The number of piperidine rings is 1. The first-order valence-electron chi connectivity index (χ1n) is 9.23. The number of benzene rings is 1. The first kappa shape index (κ1) is 17.2. The topological polar surface area (TPSA) is 64.6 Å². The maximum absolute atomic E-state index is 12.4. The number of aliphatic hydroxyl groups excluding tert-OH is 1. The van der Waals surface area contributed by atoms with Crippen LogP contribution >= 0.6 is 0 Å². The van der Waals surface area contributed by atoms with Gasteiger partial charge in [0.15, 0.2) is 0 Å². The Balaban J connectivity index is 1.48. The van der Waals surface area contributed by atoms with Crippen LogP contribution in [0.3, 0.4) is 0 Å². The summed E-state index contributed by atoms with van der Waals surface area (Å²) in [5.41, 5.74) is 1.09. The third-order valence-corrected chi connectivity index (χ3v) is 5.09. The van der Waals surface area contributed by atoms with Gasteiger partial charge in [0.1, 0.15) is 0 Å². The molecular formula is C19H29N3O2. The minimum atomic E-state index is -0.0911. The van der Waals surface area contributed by atoms with E-state index >= 15 is 0 Å². The Morgan fingerprint density at radius 2 is 1.88 bits per heavy atom. The number of nitrogens with zero attached hydrogens (tertiary/aromatic N) is 1. The van der Waals surface area contributed by atoms with Gasteiger partial charge in [-0.05, 0) is 44.1 Å². The van der Waals surface area contributed by atoms with Crippen LogP contribution in [0, 0.1) is 0 Å². The normalized spacial score (nSPS) is 20.5. The fourth-order valence-corrected chi connectivity index (χ4v) is 3.54. The number of hydrogen-bond donors (Lipinski definition) is 3. The van der Waals surface area contributed by atoms with Gasteiger partial charge in [-0.3, -0.25) is 0 Å². The van der Waals surface area contributed by atoms with Crippen LogP contribution in [0.15, 0.2) is 30.3 Å². The summed E-state index contributed by atoms with van der Waals surface area (Å²) in [6.45, 7) is 2.34. The van der Waals surface area contributed by atoms with Gasteiger partial charge in [-0.1, -0.05) is 30.3 Å². The van der Waals surface area contributed by atoms with Crippen LogP contribution in [-0.2, 0) is 0 Å². The Morgan fingerprint density at radius 1 is 1.17 bits per heavy atom. The molecule has 1 aliphatic heterocycles. The molecule has 1 aromatic rings. The molecule has 3 N–H and O–H groups in total. The van der Waals surface area contributed by atoms with Gasteiger partial charge in [0.25, 0.3) is 0 Å². The monoisotopic (exact) mass is 331 g/mol. The van der Waals surface area contributed by atoms with Gasteiger partial charge in [-0.25, -0.2) is 4.79 Å². The minimum absolute atomic E-state index is 0.0510. The molecule has 1 heterocycles. The number of rotatable bonds is 7. The van der Waals surface area contributed by atoms with Crippen LogP contribution in [0.2, 0.25) is 0 Å². The van der Waals surface area contributed by atoms with Gasteiger partial charge in [0.2, 0.25) is 0 Å². The van der Waals surface area contributed by atoms with Crippen LogP contribution in [0.25, 0.3) is 0 Å².